The third-order valence-corrected chi connectivity index (χ3v) is 3.62. The zero-order valence-electron chi connectivity index (χ0n) is 11.8. The van der Waals surface area contributed by atoms with Gasteiger partial charge in [-0.1, -0.05) is 0 Å². The molecule has 3 aromatic rings. The topological polar surface area (TPSA) is 102 Å². The van der Waals surface area contributed by atoms with E-state index in [1.54, 1.807) is 12.1 Å². The summed E-state index contributed by atoms with van der Waals surface area (Å²) in [5.74, 6) is 0. The van der Waals surface area contributed by atoms with E-state index in [1.165, 1.54) is 6.33 Å². The molecule has 0 aliphatic carbocycles. The van der Waals surface area contributed by atoms with Crippen LogP contribution in [-0.2, 0) is 13.6 Å². The zero-order valence-corrected chi connectivity index (χ0v) is 11.8. The number of nitrogens with two attached hydrogens (primary N) is 1. The fourth-order valence-corrected chi connectivity index (χ4v) is 2.19. The quantitative estimate of drug-likeness (QED) is 0.626. The Kier molecular flexibility index (Phi) is 3.09. The van der Waals surface area contributed by atoms with Crippen molar-refractivity contribution < 1.29 is 0 Å². The van der Waals surface area contributed by atoms with E-state index < -0.39 is 0 Å². The molecule has 0 saturated heterocycles. The van der Waals surface area contributed by atoms with Gasteiger partial charge in [0.05, 0.1) is 34.8 Å². The maximum absolute atomic E-state index is 11.7. The van der Waals surface area contributed by atoms with Crippen LogP contribution in [-0.4, -0.2) is 19.7 Å². The number of nitrogen functional groups attached to an aromatic ring is 1. The van der Waals surface area contributed by atoms with Gasteiger partial charge in [-0.15, -0.1) is 0 Å². The monoisotopic (exact) mass is 284 g/mol. The van der Waals surface area contributed by atoms with Gasteiger partial charge in [0, 0.05) is 24.8 Å². The van der Waals surface area contributed by atoms with Gasteiger partial charge >= 0.3 is 0 Å². The summed E-state index contributed by atoms with van der Waals surface area (Å²) in [4.78, 5) is 18.4. The highest BCUT2D eigenvalue weighted by Crippen LogP contribution is 2.23. The minimum absolute atomic E-state index is 0.193. The number of aryl methyl sites for hydroxylation is 1. The molecule has 0 atom stereocenters. The number of benzene rings is 1. The smallest absolute Gasteiger partial charge is 0.258 e. The lowest BCUT2D eigenvalue weighted by molar-refractivity contribution is 0.738. The van der Waals surface area contributed by atoms with Crippen LogP contribution in [0.5, 0.6) is 0 Å². The van der Waals surface area contributed by atoms with Gasteiger partial charge in [0.1, 0.15) is 0 Å². The molecule has 7 heteroatoms. The fourth-order valence-electron chi connectivity index (χ4n) is 2.19. The third kappa shape index (κ3) is 2.33. The Bertz CT molecular complexity index is 864. The number of H-pyrrole nitrogens is 1. The molecule has 21 heavy (non-hydrogen) atoms. The molecule has 3 rings (SSSR count). The molecule has 0 saturated carbocycles. The molecule has 4 N–H and O–H groups in total. The maximum Gasteiger partial charge on any atom is 0.258 e. The molecule has 0 fully saturated rings. The molecule has 0 radical (unpaired) electrons. The van der Waals surface area contributed by atoms with Crippen LogP contribution in [0.25, 0.3) is 10.9 Å². The van der Waals surface area contributed by atoms with E-state index in [0.29, 0.717) is 23.1 Å². The number of fused-ring (bicyclic) bond motifs is 1. The van der Waals surface area contributed by atoms with Gasteiger partial charge in [-0.3, -0.25) is 9.48 Å². The fraction of sp³-hybridized carbons (Fsp3) is 0.214. The summed E-state index contributed by atoms with van der Waals surface area (Å²) in [5.41, 5.74) is 9.87. The molecule has 0 bridgehead atoms. The van der Waals surface area contributed by atoms with Crippen molar-refractivity contribution in [3.05, 3.63) is 46.3 Å². The van der Waals surface area contributed by atoms with E-state index >= 15 is 0 Å². The second-order valence-electron chi connectivity index (χ2n) is 4.92. The molecule has 0 aliphatic rings. The highest BCUT2D eigenvalue weighted by molar-refractivity contribution is 5.88. The summed E-state index contributed by atoms with van der Waals surface area (Å²) in [5, 5.41) is 7.95. The normalized spacial score (nSPS) is 11.0. The lowest BCUT2D eigenvalue weighted by atomic mass is 10.2. The van der Waals surface area contributed by atoms with E-state index in [2.05, 4.69) is 20.4 Å². The minimum Gasteiger partial charge on any atom is -0.397 e. The van der Waals surface area contributed by atoms with Gasteiger partial charge in [-0.05, 0) is 19.1 Å². The summed E-state index contributed by atoms with van der Waals surface area (Å²) >= 11 is 0. The minimum atomic E-state index is -0.193. The molecule has 0 amide bonds. The molecule has 7 nitrogen and oxygen atoms in total. The van der Waals surface area contributed by atoms with E-state index in [-0.39, 0.29) is 5.56 Å². The average molecular weight is 284 g/mol. The molecule has 0 spiro atoms. The van der Waals surface area contributed by atoms with Crippen LogP contribution < -0.4 is 16.6 Å². The molecule has 108 valence electrons. The van der Waals surface area contributed by atoms with Crippen LogP contribution in [0.3, 0.4) is 0 Å². The predicted molar refractivity (Wildman–Crippen MR) is 82.0 cm³/mol. The number of hydrogen-bond acceptors (Lipinski definition) is 5. The number of nitrogens with one attached hydrogen (secondary N) is 2. The Morgan fingerprint density at radius 3 is 2.95 bits per heavy atom. The Morgan fingerprint density at radius 1 is 1.43 bits per heavy atom. The summed E-state index contributed by atoms with van der Waals surface area (Å²) < 4.78 is 1.82. The van der Waals surface area contributed by atoms with Gasteiger partial charge in [0.2, 0.25) is 0 Å². The second-order valence-corrected chi connectivity index (χ2v) is 4.92. The lowest BCUT2D eigenvalue weighted by Crippen LogP contribution is -2.09. The number of aromatic nitrogens is 4. The molecule has 1 aromatic carbocycles. The molecular formula is C14H16N6O. The van der Waals surface area contributed by atoms with Crippen LogP contribution in [0.2, 0.25) is 0 Å². The number of aromatic amines is 1. The predicted octanol–water partition coefficient (Wildman–Crippen LogP) is 1.16. The Labute approximate surface area is 120 Å². The first-order valence-corrected chi connectivity index (χ1v) is 6.54. The lowest BCUT2D eigenvalue weighted by Gasteiger charge is -2.10. The van der Waals surface area contributed by atoms with Crippen LogP contribution >= 0.6 is 0 Å². The van der Waals surface area contributed by atoms with Crippen molar-refractivity contribution in [2.75, 3.05) is 11.1 Å². The summed E-state index contributed by atoms with van der Waals surface area (Å²) in [6, 6.07) is 3.42. The number of nitrogens with zero attached hydrogens (tertiary/aromatic N) is 3. The number of rotatable bonds is 3. The van der Waals surface area contributed by atoms with Crippen LogP contribution in [0, 0.1) is 6.92 Å². The largest absolute Gasteiger partial charge is 0.397 e. The summed E-state index contributed by atoms with van der Waals surface area (Å²) in [6.45, 7) is 2.62. The van der Waals surface area contributed by atoms with Crippen LogP contribution in [0.15, 0.2) is 29.5 Å². The molecule has 0 unspecified atom stereocenters. The van der Waals surface area contributed by atoms with Crippen molar-refractivity contribution in [1.82, 2.24) is 19.7 Å². The van der Waals surface area contributed by atoms with Crippen molar-refractivity contribution in [2.24, 2.45) is 7.05 Å². The third-order valence-electron chi connectivity index (χ3n) is 3.62. The molecule has 0 aliphatic heterocycles. The standard InChI is InChI=1S/C14H16N6O/c1-8-9(6-19-20(8)2)5-16-13-4-12-10(3-11(13)15)14(21)18-7-17-12/h3-4,6-7,16H,5,15H2,1-2H3,(H,17,18,21). The van der Waals surface area contributed by atoms with Gasteiger partial charge in [-0.2, -0.15) is 5.10 Å². The van der Waals surface area contributed by atoms with Gasteiger partial charge in [0.25, 0.3) is 5.56 Å². The van der Waals surface area contributed by atoms with Gasteiger partial charge in [-0.25, -0.2) is 4.98 Å². The van der Waals surface area contributed by atoms with E-state index in [0.717, 1.165) is 16.9 Å². The first-order chi connectivity index (χ1) is 10.1. The van der Waals surface area contributed by atoms with Crippen LogP contribution in [0.4, 0.5) is 11.4 Å². The SMILES string of the molecule is Cc1c(CNc2cc3nc[nH]c(=O)c3cc2N)cnn1C. The number of hydrogen-bond donors (Lipinski definition) is 3. The Morgan fingerprint density at radius 2 is 2.24 bits per heavy atom. The Balaban J connectivity index is 1.92. The Hall–Kier alpha value is -2.83. The second kappa shape index (κ2) is 4.93. The van der Waals surface area contributed by atoms with Crippen molar-refractivity contribution in [3.63, 3.8) is 0 Å². The van der Waals surface area contributed by atoms with Crippen molar-refractivity contribution in [1.29, 1.82) is 0 Å². The van der Waals surface area contributed by atoms with E-state index in [9.17, 15) is 4.79 Å². The van der Waals surface area contributed by atoms with Gasteiger partial charge in [0.15, 0.2) is 0 Å². The van der Waals surface area contributed by atoms with Gasteiger partial charge < -0.3 is 16.0 Å². The average Bonchev–Trinajstić information content (AvgIpc) is 2.78. The van der Waals surface area contributed by atoms with Crippen molar-refractivity contribution >= 4 is 22.3 Å². The van der Waals surface area contributed by atoms with E-state index in [4.69, 9.17) is 5.73 Å². The maximum atomic E-state index is 11.7. The summed E-state index contributed by atoms with van der Waals surface area (Å²) in [6.07, 6.45) is 3.21. The van der Waals surface area contributed by atoms with Crippen LogP contribution in [0.1, 0.15) is 11.3 Å². The van der Waals surface area contributed by atoms with Crippen molar-refractivity contribution in [3.8, 4) is 0 Å². The summed E-state index contributed by atoms with van der Waals surface area (Å²) in [7, 11) is 1.90. The molecular weight excluding hydrogens is 268 g/mol. The van der Waals surface area contributed by atoms with Crippen molar-refractivity contribution in [2.45, 2.75) is 13.5 Å². The van der Waals surface area contributed by atoms with E-state index in [1.807, 2.05) is 24.9 Å². The first kappa shape index (κ1) is 13.2. The highest BCUT2D eigenvalue weighted by atomic mass is 16.1. The number of anilines is 2. The molecule has 2 aromatic heterocycles. The molecule has 2 heterocycles. The zero-order chi connectivity index (χ0) is 15.0. The highest BCUT2D eigenvalue weighted by Gasteiger charge is 2.08. The first-order valence-electron chi connectivity index (χ1n) is 6.54.